The zero-order valence-corrected chi connectivity index (χ0v) is 6.72. The minimum Gasteiger partial charge on any atom is -0.166 e. The van der Waals surface area contributed by atoms with Crippen molar-refractivity contribution in [2.75, 3.05) is 0 Å². The molecule has 0 N–H and O–H groups in total. The molecule has 0 atom stereocenters. The summed E-state index contributed by atoms with van der Waals surface area (Å²) in [6.07, 6.45) is -3.73. The zero-order valence-electron chi connectivity index (χ0n) is 5.90. The normalized spacial score (nSPS) is 12.0. The molecule has 1 heterocycles. The van der Waals surface area contributed by atoms with Crippen molar-refractivity contribution in [2.45, 2.75) is 19.5 Å². The highest BCUT2D eigenvalue weighted by molar-refractivity contribution is 7.08. The summed E-state index contributed by atoms with van der Waals surface area (Å²) in [5.74, 6) is 0. The predicted molar refractivity (Wildman–Crippen MR) is 38.7 cm³/mol. The summed E-state index contributed by atoms with van der Waals surface area (Å²) in [5, 5.41) is 2.70. The molecule has 62 valence electrons. The molecule has 0 radical (unpaired) electrons. The molecule has 0 aliphatic heterocycles. The molecule has 0 saturated carbocycles. The topological polar surface area (TPSA) is 0 Å². The largest absolute Gasteiger partial charge is 0.417 e. The molecule has 0 saturated heterocycles. The van der Waals surface area contributed by atoms with Gasteiger partial charge in [-0.1, -0.05) is 6.92 Å². The average molecular weight is 180 g/mol. The van der Waals surface area contributed by atoms with Crippen molar-refractivity contribution in [2.24, 2.45) is 0 Å². The lowest BCUT2D eigenvalue weighted by Crippen LogP contribution is -2.05. The molecule has 0 nitrogen and oxygen atoms in total. The number of thiophene rings is 1. The molecule has 0 aromatic carbocycles. The molecule has 4 heteroatoms. The fourth-order valence-corrected chi connectivity index (χ4v) is 1.79. The Hall–Kier alpha value is -0.510. The molecule has 0 spiro atoms. The fraction of sp³-hybridized carbons (Fsp3) is 0.429. The van der Waals surface area contributed by atoms with Crippen LogP contribution in [0.4, 0.5) is 13.2 Å². The van der Waals surface area contributed by atoms with Crippen LogP contribution in [0.25, 0.3) is 0 Å². The van der Waals surface area contributed by atoms with Crippen LogP contribution in [0.15, 0.2) is 10.8 Å². The standard InChI is InChI=1S/C7H7F3S/c1-2-5-3-11-4-6(5)7(8,9)10/h3-4H,2H2,1H3. The van der Waals surface area contributed by atoms with Crippen LogP contribution in [0, 0.1) is 0 Å². The molecule has 1 rings (SSSR count). The van der Waals surface area contributed by atoms with Gasteiger partial charge in [-0.25, -0.2) is 0 Å². The van der Waals surface area contributed by atoms with Gasteiger partial charge >= 0.3 is 6.18 Å². The third-order valence-corrected chi connectivity index (χ3v) is 2.22. The first-order chi connectivity index (χ1) is 5.05. The molecule has 0 unspecified atom stereocenters. The van der Waals surface area contributed by atoms with E-state index >= 15 is 0 Å². The van der Waals surface area contributed by atoms with Gasteiger partial charge in [-0.3, -0.25) is 0 Å². The predicted octanol–water partition coefficient (Wildman–Crippen LogP) is 3.33. The number of halogens is 3. The number of hydrogen-bond donors (Lipinski definition) is 0. The van der Waals surface area contributed by atoms with Crippen LogP contribution in [0.2, 0.25) is 0 Å². The van der Waals surface area contributed by atoms with Gasteiger partial charge in [0, 0.05) is 5.38 Å². The van der Waals surface area contributed by atoms with Crippen molar-refractivity contribution in [3.63, 3.8) is 0 Å². The summed E-state index contributed by atoms with van der Waals surface area (Å²) in [4.78, 5) is 0. The van der Waals surface area contributed by atoms with Crippen LogP contribution in [-0.2, 0) is 12.6 Å². The molecule has 0 amide bonds. The van der Waals surface area contributed by atoms with E-state index in [1.54, 1.807) is 12.3 Å². The minimum absolute atomic E-state index is 0.391. The lowest BCUT2D eigenvalue weighted by atomic mass is 10.1. The third-order valence-electron chi connectivity index (χ3n) is 1.43. The summed E-state index contributed by atoms with van der Waals surface area (Å²) in [6.45, 7) is 1.72. The van der Waals surface area contributed by atoms with Gasteiger partial charge in [0.15, 0.2) is 0 Å². The molecule has 11 heavy (non-hydrogen) atoms. The SMILES string of the molecule is CCc1cscc1C(F)(F)F. The Morgan fingerprint density at radius 3 is 2.36 bits per heavy atom. The van der Waals surface area contributed by atoms with Gasteiger partial charge in [0.1, 0.15) is 0 Å². The maximum absolute atomic E-state index is 12.1. The Morgan fingerprint density at radius 2 is 2.00 bits per heavy atom. The first-order valence-electron chi connectivity index (χ1n) is 3.18. The van der Waals surface area contributed by atoms with E-state index in [-0.39, 0.29) is 0 Å². The lowest BCUT2D eigenvalue weighted by Gasteiger charge is -2.05. The number of rotatable bonds is 1. The number of alkyl halides is 3. The van der Waals surface area contributed by atoms with Crippen LogP contribution in [-0.4, -0.2) is 0 Å². The van der Waals surface area contributed by atoms with Crippen LogP contribution < -0.4 is 0 Å². The second-order valence-electron chi connectivity index (χ2n) is 2.16. The first-order valence-corrected chi connectivity index (χ1v) is 4.12. The van der Waals surface area contributed by atoms with Crippen molar-refractivity contribution < 1.29 is 13.2 Å². The molecule has 0 aliphatic rings. The first kappa shape index (κ1) is 8.59. The van der Waals surface area contributed by atoms with E-state index in [0.29, 0.717) is 12.0 Å². The highest BCUT2D eigenvalue weighted by atomic mass is 32.1. The Balaban J connectivity index is 3.02. The second kappa shape index (κ2) is 2.85. The molecule has 0 aliphatic carbocycles. The van der Waals surface area contributed by atoms with Gasteiger partial charge in [0.05, 0.1) is 5.56 Å². The van der Waals surface area contributed by atoms with Crippen LogP contribution >= 0.6 is 11.3 Å². The van der Waals surface area contributed by atoms with E-state index < -0.39 is 11.7 Å². The third kappa shape index (κ3) is 1.74. The van der Waals surface area contributed by atoms with Gasteiger partial charge in [-0.05, 0) is 17.4 Å². The highest BCUT2D eigenvalue weighted by Gasteiger charge is 2.33. The number of aryl methyl sites for hydroxylation is 1. The Morgan fingerprint density at radius 1 is 1.36 bits per heavy atom. The van der Waals surface area contributed by atoms with E-state index in [0.717, 1.165) is 16.7 Å². The average Bonchev–Trinajstić information content (AvgIpc) is 2.31. The lowest BCUT2D eigenvalue weighted by molar-refractivity contribution is -0.137. The van der Waals surface area contributed by atoms with Crippen molar-refractivity contribution >= 4 is 11.3 Å². The van der Waals surface area contributed by atoms with Crippen molar-refractivity contribution in [1.82, 2.24) is 0 Å². The van der Waals surface area contributed by atoms with E-state index in [2.05, 4.69) is 0 Å². The van der Waals surface area contributed by atoms with Crippen molar-refractivity contribution in [3.8, 4) is 0 Å². The summed E-state index contributed by atoms with van der Waals surface area (Å²) >= 11 is 1.10. The van der Waals surface area contributed by atoms with Crippen molar-refractivity contribution in [3.05, 3.63) is 21.9 Å². The highest BCUT2D eigenvalue weighted by Crippen LogP contribution is 2.34. The van der Waals surface area contributed by atoms with Gasteiger partial charge in [-0.15, -0.1) is 0 Å². The zero-order chi connectivity index (χ0) is 8.48. The van der Waals surface area contributed by atoms with E-state index in [4.69, 9.17) is 0 Å². The summed E-state index contributed by atoms with van der Waals surface area (Å²) in [6, 6.07) is 0. The quantitative estimate of drug-likeness (QED) is 0.621. The second-order valence-corrected chi connectivity index (χ2v) is 2.91. The summed E-state index contributed by atoms with van der Waals surface area (Å²) in [5.41, 5.74) is -0.0903. The minimum atomic E-state index is -4.18. The van der Waals surface area contributed by atoms with E-state index in [1.165, 1.54) is 0 Å². The smallest absolute Gasteiger partial charge is 0.166 e. The number of hydrogen-bond acceptors (Lipinski definition) is 1. The van der Waals surface area contributed by atoms with E-state index in [1.807, 2.05) is 0 Å². The maximum atomic E-state index is 12.1. The van der Waals surface area contributed by atoms with Crippen LogP contribution in [0.3, 0.4) is 0 Å². The van der Waals surface area contributed by atoms with Gasteiger partial charge in [-0.2, -0.15) is 24.5 Å². The van der Waals surface area contributed by atoms with Crippen LogP contribution in [0.5, 0.6) is 0 Å². The maximum Gasteiger partial charge on any atom is 0.417 e. The van der Waals surface area contributed by atoms with Gasteiger partial charge < -0.3 is 0 Å². The Kier molecular flexibility index (Phi) is 2.23. The van der Waals surface area contributed by atoms with Gasteiger partial charge in [0.25, 0.3) is 0 Å². The fourth-order valence-electron chi connectivity index (χ4n) is 0.846. The van der Waals surface area contributed by atoms with Crippen LogP contribution in [0.1, 0.15) is 18.1 Å². The molecular formula is C7H7F3S. The summed E-state index contributed by atoms with van der Waals surface area (Å²) < 4.78 is 36.2. The molecule has 1 aromatic rings. The van der Waals surface area contributed by atoms with Crippen molar-refractivity contribution in [1.29, 1.82) is 0 Å². The molecular weight excluding hydrogens is 173 g/mol. The van der Waals surface area contributed by atoms with Gasteiger partial charge in [0.2, 0.25) is 0 Å². The monoisotopic (exact) mass is 180 g/mol. The van der Waals surface area contributed by atoms with E-state index in [9.17, 15) is 13.2 Å². The molecule has 0 bridgehead atoms. The Bertz CT molecular complexity index is 236. The summed E-state index contributed by atoms with van der Waals surface area (Å²) in [7, 11) is 0. The Labute approximate surface area is 66.7 Å². The molecule has 0 fully saturated rings. The molecule has 1 aromatic heterocycles.